The Hall–Kier alpha value is -1.66. The first-order chi connectivity index (χ1) is 9.81. The van der Waals surface area contributed by atoms with Crippen molar-refractivity contribution >= 4 is 18.4 Å². The Morgan fingerprint density at radius 1 is 0.900 bits per heavy atom. The van der Waals surface area contributed by atoms with Gasteiger partial charge in [0.25, 0.3) is 0 Å². The largest absolute Gasteiger partial charge is 0.494 e. The molecule has 0 aromatic heterocycles. The first-order valence-electron chi connectivity index (χ1n) is 7.06. The van der Waals surface area contributed by atoms with E-state index in [0.717, 1.165) is 29.4 Å². The molecule has 0 spiro atoms. The van der Waals surface area contributed by atoms with E-state index in [-0.39, 0.29) is 0 Å². The Morgan fingerprint density at radius 3 is 2.20 bits per heavy atom. The Balaban J connectivity index is 1.96. The molecular formula is C17H20O2P+. The van der Waals surface area contributed by atoms with Gasteiger partial charge in [-0.25, -0.2) is 0 Å². The zero-order valence-electron chi connectivity index (χ0n) is 11.8. The fraction of sp³-hybridized carbons (Fsp3) is 0.294. The minimum atomic E-state index is -1.51. The van der Waals surface area contributed by atoms with E-state index < -0.39 is 7.80 Å². The highest BCUT2D eigenvalue weighted by molar-refractivity contribution is 7.61. The number of benzene rings is 2. The van der Waals surface area contributed by atoms with E-state index in [1.54, 1.807) is 0 Å². The Morgan fingerprint density at radius 2 is 1.55 bits per heavy atom. The molecule has 104 valence electrons. The van der Waals surface area contributed by atoms with Crippen molar-refractivity contribution in [3.8, 4) is 5.75 Å². The molecule has 0 aliphatic heterocycles. The molecule has 2 aromatic carbocycles. The lowest BCUT2D eigenvalue weighted by Crippen LogP contribution is -2.06. The number of hydrogen-bond donors (Lipinski definition) is 0. The molecule has 0 N–H and O–H groups in total. The van der Waals surface area contributed by atoms with E-state index in [1.807, 2.05) is 54.6 Å². The number of ether oxygens (including phenoxy) is 1. The number of unbranched alkanes of at least 4 members (excludes halogenated alkanes) is 2. The average Bonchev–Trinajstić information content (AvgIpc) is 2.52. The molecule has 0 aliphatic carbocycles. The highest BCUT2D eigenvalue weighted by atomic mass is 31.1. The van der Waals surface area contributed by atoms with Gasteiger partial charge in [0, 0.05) is 0 Å². The molecule has 2 rings (SSSR count). The summed E-state index contributed by atoms with van der Waals surface area (Å²) in [6.07, 6.45) is 3.47. The number of hydrogen-bond acceptors (Lipinski definition) is 2. The second-order valence-corrected chi connectivity index (χ2v) is 6.30. The predicted molar refractivity (Wildman–Crippen MR) is 84.8 cm³/mol. The highest BCUT2D eigenvalue weighted by Crippen LogP contribution is 2.21. The molecule has 3 heteroatoms. The molecule has 2 aromatic rings. The molecule has 0 saturated carbocycles. The van der Waals surface area contributed by atoms with Crippen molar-refractivity contribution in [1.29, 1.82) is 0 Å². The van der Waals surface area contributed by atoms with Crippen LogP contribution in [0.3, 0.4) is 0 Å². The monoisotopic (exact) mass is 287 g/mol. The van der Waals surface area contributed by atoms with Crippen molar-refractivity contribution in [2.24, 2.45) is 0 Å². The molecule has 0 fully saturated rings. The van der Waals surface area contributed by atoms with Gasteiger partial charge in [0.2, 0.25) is 0 Å². The molecule has 0 bridgehead atoms. The van der Waals surface area contributed by atoms with Crippen LogP contribution in [0, 0.1) is 0 Å². The van der Waals surface area contributed by atoms with Crippen LogP contribution >= 0.6 is 7.80 Å². The summed E-state index contributed by atoms with van der Waals surface area (Å²) >= 11 is 0. The Labute approximate surface area is 121 Å². The predicted octanol–water partition coefficient (Wildman–Crippen LogP) is 4.03. The quantitative estimate of drug-likeness (QED) is 0.567. The molecule has 2 nitrogen and oxygen atoms in total. The first kappa shape index (κ1) is 14.7. The van der Waals surface area contributed by atoms with Gasteiger partial charge in [-0.05, 0) is 42.8 Å². The van der Waals surface area contributed by atoms with Crippen LogP contribution in [0.4, 0.5) is 0 Å². The molecule has 0 heterocycles. The SMILES string of the molecule is CCCCCOc1ccc([P+](=O)c2ccccc2)cc1. The summed E-state index contributed by atoms with van der Waals surface area (Å²) in [5.41, 5.74) is 0. The maximum absolute atomic E-state index is 12.4. The van der Waals surface area contributed by atoms with Gasteiger partial charge in [0.15, 0.2) is 10.6 Å². The Bertz CT molecular complexity index is 535. The molecule has 0 radical (unpaired) electrons. The van der Waals surface area contributed by atoms with Crippen molar-refractivity contribution in [2.75, 3.05) is 6.61 Å². The molecular weight excluding hydrogens is 267 g/mol. The first-order valence-corrected chi connectivity index (χ1v) is 8.32. The summed E-state index contributed by atoms with van der Waals surface area (Å²) < 4.78 is 18.0. The van der Waals surface area contributed by atoms with Gasteiger partial charge in [0.05, 0.1) is 6.61 Å². The lowest BCUT2D eigenvalue weighted by atomic mass is 10.3. The minimum Gasteiger partial charge on any atom is -0.494 e. The summed E-state index contributed by atoms with van der Waals surface area (Å²) in [5, 5.41) is 1.70. The van der Waals surface area contributed by atoms with E-state index in [0.29, 0.717) is 0 Å². The van der Waals surface area contributed by atoms with Crippen LogP contribution in [-0.2, 0) is 4.57 Å². The lowest BCUT2D eigenvalue weighted by Gasteiger charge is -2.04. The fourth-order valence-corrected chi connectivity index (χ4v) is 3.09. The van der Waals surface area contributed by atoms with Crippen molar-refractivity contribution in [3.05, 3.63) is 54.6 Å². The van der Waals surface area contributed by atoms with E-state index in [1.165, 1.54) is 12.8 Å². The van der Waals surface area contributed by atoms with E-state index in [9.17, 15) is 4.57 Å². The van der Waals surface area contributed by atoms with Crippen molar-refractivity contribution in [2.45, 2.75) is 26.2 Å². The second kappa shape index (κ2) is 7.81. The molecule has 1 unspecified atom stereocenters. The summed E-state index contributed by atoms with van der Waals surface area (Å²) in [4.78, 5) is 0. The van der Waals surface area contributed by atoms with Gasteiger partial charge < -0.3 is 4.74 Å². The van der Waals surface area contributed by atoms with Crippen molar-refractivity contribution in [1.82, 2.24) is 0 Å². The summed E-state index contributed by atoms with van der Waals surface area (Å²) in [6.45, 7) is 2.92. The maximum Gasteiger partial charge on any atom is 0.415 e. The van der Waals surface area contributed by atoms with E-state index >= 15 is 0 Å². The zero-order valence-corrected chi connectivity index (χ0v) is 12.7. The van der Waals surface area contributed by atoms with Crippen LogP contribution in [0.1, 0.15) is 26.2 Å². The smallest absolute Gasteiger partial charge is 0.415 e. The topological polar surface area (TPSA) is 26.3 Å². The van der Waals surface area contributed by atoms with Crippen LogP contribution in [0.2, 0.25) is 0 Å². The third kappa shape index (κ3) is 4.18. The molecule has 0 aliphatic rings. The van der Waals surface area contributed by atoms with Crippen molar-refractivity contribution < 1.29 is 9.30 Å². The van der Waals surface area contributed by atoms with Crippen LogP contribution in [-0.4, -0.2) is 6.61 Å². The van der Waals surface area contributed by atoms with Crippen LogP contribution in [0.15, 0.2) is 54.6 Å². The normalized spacial score (nSPS) is 11.2. The second-order valence-electron chi connectivity index (χ2n) is 4.68. The summed E-state index contributed by atoms with van der Waals surface area (Å²) in [6, 6.07) is 17.1. The van der Waals surface area contributed by atoms with Gasteiger partial charge in [0.1, 0.15) is 5.75 Å². The lowest BCUT2D eigenvalue weighted by molar-refractivity contribution is 0.306. The summed E-state index contributed by atoms with van der Waals surface area (Å²) in [5.74, 6) is 0.848. The minimum absolute atomic E-state index is 0.748. The van der Waals surface area contributed by atoms with E-state index in [4.69, 9.17) is 4.74 Å². The van der Waals surface area contributed by atoms with E-state index in [2.05, 4.69) is 6.92 Å². The van der Waals surface area contributed by atoms with Gasteiger partial charge >= 0.3 is 7.80 Å². The molecule has 0 amide bonds. The average molecular weight is 287 g/mol. The fourth-order valence-electron chi connectivity index (χ4n) is 1.93. The van der Waals surface area contributed by atoms with Crippen LogP contribution in [0.5, 0.6) is 5.75 Å². The van der Waals surface area contributed by atoms with Crippen LogP contribution in [0.25, 0.3) is 0 Å². The standard InChI is InChI=1S/C17H20O2P/c1-2-3-7-14-19-15-10-12-17(13-11-15)20(18)16-8-5-4-6-9-16/h4-6,8-13H,2-3,7,14H2,1H3/q+1. The van der Waals surface area contributed by atoms with Crippen LogP contribution < -0.4 is 15.3 Å². The zero-order chi connectivity index (χ0) is 14.2. The number of rotatable bonds is 7. The molecule has 1 atom stereocenters. The van der Waals surface area contributed by atoms with Gasteiger partial charge in [-0.2, -0.15) is 0 Å². The Kier molecular flexibility index (Phi) is 5.76. The van der Waals surface area contributed by atoms with Gasteiger partial charge in [-0.15, -0.1) is 0 Å². The van der Waals surface area contributed by atoms with Gasteiger partial charge in [-0.1, -0.05) is 42.5 Å². The third-order valence-corrected chi connectivity index (χ3v) is 4.61. The van der Waals surface area contributed by atoms with Crippen molar-refractivity contribution in [3.63, 3.8) is 0 Å². The third-order valence-electron chi connectivity index (χ3n) is 3.08. The van der Waals surface area contributed by atoms with Gasteiger partial charge in [-0.3, -0.25) is 0 Å². The maximum atomic E-state index is 12.4. The highest BCUT2D eigenvalue weighted by Gasteiger charge is 2.22. The molecule has 0 saturated heterocycles. The summed E-state index contributed by atoms with van der Waals surface area (Å²) in [7, 11) is -1.51. The molecule has 20 heavy (non-hydrogen) atoms.